The Morgan fingerprint density at radius 2 is 2.08 bits per heavy atom. The lowest BCUT2D eigenvalue weighted by molar-refractivity contribution is 0.0686. The van der Waals surface area contributed by atoms with Crippen molar-refractivity contribution in [2.45, 2.75) is 31.3 Å². The van der Waals surface area contributed by atoms with Gasteiger partial charge in [0.05, 0.1) is 23.8 Å². The number of hydrogen-bond donors (Lipinski definition) is 1. The molecule has 1 amide bonds. The Bertz CT molecular complexity index is 874. The van der Waals surface area contributed by atoms with Crippen LogP contribution in [0.3, 0.4) is 0 Å². The summed E-state index contributed by atoms with van der Waals surface area (Å²) in [6, 6.07) is 3.87. The minimum absolute atomic E-state index is 0.115. The standard InChI is InChI=1S/C16H22N4O4S/c1-11(2)20(10-12-8-18-19(3)9-12)16(21)14-7-13(25(17,22)23)5-6-15(14)24-4/h5-9,11H,10H2,1-4H3,(H2,17,22,23). The molecule has 0 unspecified atom stereocenters. The number of aromatic nitrogens is 2. The number of hydrogen-bond acceptors (Lipinski definition) is 5. The van der Waals surface area contributed by atoms with E-state index in [0.29, 0.717) is 6.54 Å². The minimum Gasteiger partial charge on any atom is -0.496 e. The number of ether oxygens (including phenoxy) is 1. The van der Waals surface area contributed by atoms with Crippen LogP contribution in [-0.4, -0.2) is 42.2 Å². The van der Waals surface area contributed by atoms with Gasteiger partial charge in [-0.1, -0.05) is 0 Å². The van der Waals surface area contributed by atoms with Crippen LogP contribution in [0.1, 0.15) is 29.8 Å². The van der Waals surface area contributed by atoms with Crippen LogP contribution in [0.15, 0.2) is 35.5 Å². The quantitative estimate of drug-likeness (QED) is 0.824. The third-order valence-corrected chi connectivity index (χ3v) is 4.64. The zero-order chi connectivity index (χ0) is 18.8. The molecule has 2 rings (SSSR count). The molecule has 0 spiro atoms. The number of sulfonamides is 1. The van der Waals surface area contributed by atoms with E-state index in [1.807, 2.05) is 20.0 Å². The van der Waals surface area contributed by atoms with E-state index in [1.165, 1.54) is 25.3 Å². The first-order chi connectivity index (χ1) is 11.6. The molecule has 2 aromatic rings. The molecular formula is C16H22N4O4S. The fourth-order valence-electron chi connectivity index (χ4n) is 2.43. The predicted molar refractivity (Wildman–Crippen MR) is 92.6 cm³/mol. The second-order valence-electron chi connectivity index (χ2n) is 5.96. The molecular weight excluding hydrogens is 344 g/mol. The largest absolute Gasteiger partial charge is 0.496 e. The molecule has 0 aliphatic carbocycles. The van der Waals surface area contributed by atoms with Crippen molar-refractivity contribution < 1.29 is 17.9 Å². The Labute approximate surface area is 147 Å². The van der Waals surface area contributed by atoms with Gasteiger partial charge in [-0.15, -0.1) is 0 Å². The van der Waals surface area contributed by atoms with Crippen LogP contribution in [0, 0.1) is 0 Å². The number of carbonyl (C=O) groups is 1. The Balaban J connectivity index is 2.44. The molecule has 0 aliphatic heterocycles. The lowest BCUT2D eigenvalue weighted by Gasteiger charge is -2.27. The molecule has 0 bridgehead atoms. The zero-order valence-electron chi connectivity index (χ0n) is 14.6. The molecule has 0 aliphatic rings. The van der Waals surface area contributed by atoms with Gasteiger partial charge in [0.2, 0.25) is 10.0 Å². The van der Waals surface area contributed by atoms with Crippen LogP contribution in [0.4, 0.5) is 0 Å². The summed E-state index contributed by atoms with van der Waals surface area (Å²) in [5.74, 6) is -0.0598. The van der Waals surface area contributed by atoms with Crippen molar-refractivity contribution >= 4 is 15.9 Å². The van der Waals surface area contributed by atoms with Gasteiger partial charge in [0.15, 0.2) is 0 Å². The van der Waals surface area contributed by atoms with E-state index in [1.54, 1.807) is 22.8 Å². The van der Waals surface area contributed by atoms with E-state index >= 15 is 0 Å². The number of nitrogens with zero attached hydrogens (tertiary/aromatic N) is 3. The van der Waals surface area contributed by atoms with Crippen LogP contribution in [0.25, 0.3) is 0 Å². The first-order valence-electron chi connectivity index (χ1n) is 7.62. The maximum atomic E-state index is 13.0. The molecule has 9 heteroatoms. The van der Waals surface area contributed by atoms with Crippen molar-refractivity contribution in [1.82, 2.24) is 14.7 Å². The number of nitrogens with two attached hydrogens (primary N) is 1. The van der Waals surface area contributed by atoms with E-state index in [-0.39, 0.29) is 28.2 Å². The smallest absolute Gasteiger partial charge is 0.258 e. The fraction of sp³-hybridized carbons (Fsp3) is 0.375. The maximum absolute atomic E-state index is 13.0. The summed E-state index contributed by atoms with van der Waals surface area (Å²) in [4.78, 5) is 14.5. The summed E-state index contributed by atoms with van der Waals surface area (Å²) >= 11 is 0. The predicted octanol–water partition coefficient (Wildman–Crippen LogP) is 1.13. The molecule has 25 heavy (non-hydrogen) atoms. The average Bonchev–Trinajstić information content (AvgIpc) is 2.95. The van der Waals surface area contributed by atoms with E-state index in [0.717, 1.165) is 5.56 Å². The molecule has 2 N–H and O–H groups in total. The lowest BCUT2D eigenvalue weighted by atomic mass is 10.1. The Kier molecular flexibility index (Phi) is 5.48. The topological polar surface area (TPSA) is 108 Å². The van der Waals surface area contributed by atoms with Crippen LogP contribution in [-0.2, 0) is 23.6 Å². The van der Waals surface area contributed by atoms with Crippen molar-refractivity contribution in [3.63, 3.8) is 0 Å². The second-order valence-corrected chi connectivity index (χ2v) is 7.52. The van der Waals surface area contributed by atoms with Crippen molar-refractivity contribution in [1.29, 1.82) is 0 Å². The molecule has 1 aromatic carbocycles. The van der Waals surface area contributed by atoms with E-state index in [9.17, 15) is 13.2 Å². The number of aryl methyl sites for hydroxylation is 1. The van der Waals surface area contributed by atoms with Gasteiger partial charge < -0.3 is 9.64 Å². The molecule has 1 heterocycles. The Hall–Kier alpha value is -2.39. The van der Waals surface area contributed by atoms with Crippen molar-refractivity contribution in [3.05, 3.63) is 41.7 Å². The summed E-state index contributed by atoms with van der Waals surface area (Å²) in [5.41, 5.74) is 1.01. The summed E-state index contributed by atoms with van der Waals surface area (Å²) < 4.78 is 30.1. The number of carbonyl (C=O) groups excluding carboxylic acids is 1. The lowest BCUT2D eigenvalue weighted by Crippen LogP contribution is -2.36. The van der Waals surface area contributed by atoms with Crippen LogP contribution >= 0.6 is 0 Å². The molecule has 8 nitrogen and oxygen atoms in total. The third-order valence-electron chi connectivity index (χ3n) is 3.73. The maximum Gasteiger partial charge on any atom is 0.258 e. The molecule has 136 valence electrons. The van der Waals surface area contributed by atoms with Crippen LogP contribution in [0.5, 0.6) is 5.75 Å². The highest BCUT2D eigenvalue weighted by atomic mass is 32.2. The van der Waals surface area contributed by atoms with Crippen molar-refractivity contribution in [2.75, 3.05) is 7.11 Å². The van der Waals surface area contributed by atoms with E-state index in [4.69, 9.17) is 9.88 Å². The van der Waals surface area contributed by atoms with Gasteiger partial charge in [0, 0.05) is 31.4 Å². The summed E-state index contributed by atoms with van der Waals surface area (Å²) in [7, 11) is -0.709. The highest BCUT2D eigenvalue weighted by Crippen LogP contribution is 2.25. The molecule has 0 saturated heterocycles. The average molecular weight is 366 g/mol. The van der Waals surface area contributed by atoms with E-state index in [2.05, 4.69) is 5.10 Å². The Morgan fingerprint density at radius 3 is 2.56 bits per heavy atom. The van der Waals surface area contributed by atoms with Crippen LogP contribution < -0.4 is 9.88 Å². The van der Waals surface area contributed by atoms with Gasteiger partial charge in [0.25, 0.3) is 5.91 Å². The second kappa shape index (κ2) is 7.24. The van der Waals surface area contributed by atoms with E-state index < -0.39 is 10.0 Å². The normalized spacial score (nSPS) is 11.6. The SMILES string of the molecule is COc1ccc(S(N)(=O)=O)cc1C(=O)N(Cc1cnn(C)c1)C(C)C. The van der Waals surface area contributed by atoms with Gasteiger partial charge >= 0.3 is 0 Å². The highest BCUT2D eigenvalue weighted by molar-refractivity contribution is 7.89. The van der Waals surface area contributed by atoms with Crippen LogP contribution in [0.2, 0.25) is 0 Å². The molecule has 0 atom stereocenters. The first-order valence-corrected chi connectivity index (χ1v) is 9.17. The summed E-state index contributed by atoms with van der Waals surface area (Å²) in [6.45, 7) is 4.10. The van der Waals surface area contributed by atoms with Gasteiger partial charge in [-0.3, -0.25) is 9.48 Å². The number of methoxy groups -OCH3 is 1. The zero-order valence-corrected chi connectivity index (χ0v) is 15.4. The molecule has 1 aromatic heterocycles. The number of amides is 1. The number of primary sulfonamides is 1. The number of rotatable bonds is 6. The third kappa shape index (κ3) is 4.37. The first kappa shape index (κ1) is 18.9. The fourth-order valence-corrected chi connectivity index (χ4v) is 2.96. The van der Waals surface area contributed by atoms with Gasteiger partial charge in [0.1, 0.15) is 5.75 Å². The van der Waals surface area contributed by atoms with Gasteiger partial charge in [-0.05, 0) is 32.0 Å². The monoisotopic (exact) mass is 366 g/mol. The molecule has 0 saturated carbocycles. The van der Waals surface area contributed by atoms with Crippen molar-refractivity contribution in [2.24, 2.45) is 12.2 Å². The van der Waals surface area contributed by atoms with Crippen molar-refractivity contribution in [3.8, 4) is 5.75 Å². The molecule has 0 radical (unpaired) electrons. The Morgan fingerprint density at radius 1 is 1.40 bits per heavy atom. The van der Waals surface area contributed by atoms with Gasteiger partial charge in [-0.2, -0.15) is 5.10 Å². The minimum atomic E-state index is -3.92. The highest BCUT2D eigenvalue weighted by Gasteiger charge is 2.24. The summed E-state index contributed by atoms with van der Waals surface area (Å²) in [5, 5.41) is 9.27. The summed E-state index contributed by atoms with van der Waals surface area (Å²) in [6.07, 6.45) is 3.50. The molecule has 0 fully saturated rings. The number of benzene rings is 1. The van der Waals surface area contributed by atoms with Gasteiger partial charge in [-0.25, -0.2) is 13.6 Å².